The zero-order chi connectivity index (χ0) is 14.3. The molecule has 2 aliphatic rings. The molecule has 0 saturated heterocycles. The fraction of sp³-hybridized carbons (Fsp3) is 0.692. The van der Waals surface area contributed by atoms with Gasteiger partial charge in [0.1, 0.15) is 4.90 Å². The van der Waals surface area contributed by atoms with Crippen LogP contribution in [-0.2, 0) is 10.0 Å². The van der Waals surface area contributed by atoms with E-state index in [1.807, 2.05) is 0 Å². The number of sulfonamides is 1. The van der Waals surface area contributed by atoms with Crippen molar-refractivity contribution in [3.8, 4) is 0 Å². The first-order chi connectivity index (χ1) is 9.46. The first-order valence-corrected chi connectivity index (χ1v) is 8.44. The molecule has 0 spiro atoms. The predicted molar refractivity (Wildman–Crippen MR) is 75.2 cm³/mol. The van der Waals surface area contributed by atoms with Crippen molar-refractivity contribution in [2.45, 2.75) is 30.6 Å². The molecular weight excluding hydrogens is 276 g/mol. The molecule has 110 valence electrons. The van der Waals surface area contributed by atoms with Crippen LogP contribution in [0.5, 0.6) is 0 Å². The highest BCUT2D eigenvalue weighted by atomic mass is 32.2. The topological polar surface area (TPSA) is 89.2 Å². The lowest BCUT2D eigenvalue weighted by Crippen LogP contribution is -2.34. The van der Waals surface area contributed by atoms with Crippen LogP contribution in [0.4, 0.5) is 5.95 Å². The van der Waals surface area contributed by atoms with E-state index < -0.39 is 10.0 Å². The second-order valence-electron chi connectivity index (χ2n) is 6.00. The molecule has 1 aromatic heterocycles. The molecule has 0 radical (unpaired) electrons. The van der Waals surface area contributed by atoms with E-state index in [0.29, 0.717) is 18.4 Å². The minimum absolute atomic E-state index is 0.0831. The molecule has 3 unspecified atom stereocenters. The zero-order valence-corrected chi connectivity index (χ0v) is 12.4. The summed E-state index contributed by atoms with van der Waals surface area (Å²) in [6.07, 6.45) is 7.58. The van der Waals surface area contributed by atoms with Crippen LogP contribution >= 0.6 is 0 Å². The van der Waals surface area contributed by atoms with Gasteiger partial charge in [0, 0.05) is 13.6 Å². The van der Waals surface area contributed by atoms with Crippen molar-refractivity contribution in [3.05, 3.63) is 12.4 Å². The summed E-state index contributed by atoms with van der Waals surface area (Å²) >= 11 is 0. The number of anilines is 1. The first kappa shape index (κ1) is 13.8. The monoisotopic (exact) mass is 296 g/mol. The van der Waals surface area contributed by atoms with E-state index in [1.54, 1.807) is 7.05 Å². The highest BCUT2D eigenvalue weighted by molar-refractivity contribution is 7.89. The van der Waals surface area contributed by atoms with Gasteiger partial charge in [-0.2, -0.15) is 0 Å². The van der Waals surface area contributed by atoms with Gasteiger partial charge in [0.25, 0.3) is 0 Å². The van der Waals surface area contributed by atoms with Gasteiger partial charge < -0.3 is 5.73 Å². The molecule has 7 heteroatoms. The molecule has 0 aromatic carbocycles. The highest BCUT2D eigenvalue weighted by Gasteiger charge is 2.40. The number of nitrogen functional groups attached to an aromatic ring is 1. The number of nitrogens with two attached hydrogens (primary N) is 1. The molecule has 0 aliphatic heterocycles. The molecule has 0 amide bonds. The van der Waals surface area contributed by atoms with Gasteiger partial charge in [-0.25, -0.2) is 22.7 Å². The maximum absolute atomic E-state index is 12.4. The van der Waals surface area contributed by atoms with Crippen molar-refractivity contribution in [1.29, 1.82) is 0 Å². The summed E-state index contributed by atoms with van der Waals surface area (Å²) in [6.45, 7) is 0.591. The summed E-state index contributed by atoms with van der Waals surface area (Å²) < 4.78 is 26.3. The minimum atomic E-state index is -3.51. The van der Waals surface area contributed by atoms with Crippen LogP contribution in [0.25, 0.3) is 0 Å². The Hall–Kier alpha value is -1.21. The summed E-state index contributed by atoms with van der Waals surface area (Å²) in [7, 11) is -1.87. The Morgan fingerprint density at radius 1 is 1.30 bits per heavy atom. The quantitative estimate of drug-likeness (QED) is 0.899. The van der Waals surface area contributed by atoms with Gasteiger partial charge in [0.2, 0.25) is 16.0 Å². The third-order valence-electron chi connectivity index (χ3n) is 4.73. The van der Waals surface area contributed by atoms with Crippen LogP contribution in [-0.4, -0.2) is 36.3 Å². The number of rotatable bonds is 4. The van der Waals surface area contributed by atoms with Crippen LogP contribution in [0.1, 0.15) is 25.7 Å². The molecule has 3 rings (SSSR count). The van der Waals surface area contributed by atoms with E-state index in [2.05, 4.69) is 9.97 Å². The van der Waals surface area contributed by atoms with Gasteiger partial charge in [-0.3, -0.25) is 0 Å². The van der Waals surface area contributed by atoms with Crippen molar-refractivity contribution in [1.82, 2.24) is 14.3 Å². The van der Waals surface area contributed by atoms with E-state index in [4.69, 9.17) is 5.73 Å². The number of fused-ring (bicyclic) bond motifs is 2. The third-order valence-corrected chi connectivity index (χ3v) is 6.51. The molecule has 20 heavy (non-hydrogen) atoms. The lowest BCUT2D eigenvalue weighted by atomic mass is 9.89. The molecule has 2 N–H and O–H groups in total. The number of nitrogens with zero attached hydrogens (tertiary/aromatic N) is 3. The van der Waals surface area contributed by atoms with E-state index in [1.165, 1.54) is 42.4 Å². The Kier molecular flexibility index (Phi) is 3.41. The van der Waals surface area contributed by atoms with Crippen LogP contribution in [0.3, 0.4) is 0 Å². The van der Waals surface area contributed by atoms with Gasteiger partial charge in [-0.05, 0) is 37.0 Å². The Labute approximate surface area is 119 Å². The summed E-state index contributed by atoms with van der Waals surface area (Å²) in [5.74, 6) is 2.12. The maximum Gasteiger partial charge on any atom is 0.245 e. The summed E-state index contributed by atoms with van der Waals surface area (Å²) in [5.41, 5.74) is 5.39. The summed E-state index contributed by atoms with van der Waals surface area (Å²) in [5, 5.41) is 0. The molecular formula is C13H20N4O2S. The Morgan fingerprint density at radius 2 is 2.00 bits per heavy atom. The van der Waals surface area contributed by atoms with Gasteiger partial charge >= 0.3 is 0 Å². The van der Waals surface area contributed by atoms with Crippen LogP contribution in [0.2, 0.25) is 0 Å². The number of aromatic nitrogens is 2. The van der Waals surface area contributed by atoms with Crippen LogP contribution in [0.15, 0.2) is 17.3 Å². The van der Waals surface area contributed by atoms with Gasteiger partial charge in [0.15, 0.2) is 0 Å². The average Bonchev–Trinajstić information content (AvgIpc) is 3.01. The molecule has 2 bridgehead atoms. The Morgan fingerprint density at radius 3 is 2.55 bits per heavy atom. The normalized spacial score (nSPS) is 29.2. The zero-order valence-electron chi connectivity index (χ0n) is 11.6. The summed E-state index contributed by atoms with van der Waals surface area (Å²) in [4.78, 5) is 7.63. The molecule has 6 nitrogen and oxygen atoms in total. The Balaban J connectivity index is 1.72. The maximum atomic E-state index is 12.4. The van der Waals surface area contributed by atoms with E-state index >= 15 is 0 Å². The molecule has 1 heterocycles. The van der Waals surface area contributed by atoms with Crippen molar-refractivity contribution in [2.75, 3.05) is 19.3 Å². The largest absolute Gasteiger partial charge is 0.368 e. The number of hydrogen-bond acceptors (Lipinski definition) is 5. The highest BCUT2D eigenvalue weighted by Crippen LogP contribution is 2.48. The summed E-state index contributed by atoms with van der Waals surface area (Å²) in [6, 6.07) is 0. The smallest absolute Gasteiger partial charge is 0.245 e. The molecule has 1 aromatic rings. The SMILES string of the molecule is CN(CC1CC2CCC1C2)S(=O)(=O)c1cnc(N)nc1. The van der Waals surface area contributed by atoms with E-state index in [0.717, 1.165) is 5.92 Å². The number of hydrogen-bond donors (Lipinski definition) is 1. The standard InChI is InChI=1S/C13H20N4O2S/c1-17(8-11-5-9-2-3-10(11)4-9)20(18,19)12-6-15-13(14)16-7-12/h6-7,9-11H,2-5,8H2,1H3,(H2,14,15,16). The molecule has 2 saturated carbocycles. The predicted octanol–water partition coefficient (Wildman–Crippen LogP) is 1.12. The first-order valence-electron chi connectivity index (χ1n) is 7.00. The fourth-order valence-electron chi connectivity index (χ4n) is 3.67. The van der Waals surface area contributed by atoms with Crippen LogP contribution in [0, 0.1) is 17.8 Å². The van der Waals surface area contributed by atoms with Gasteiger partial charge in [-0.1, -0.05) is 6.42 Å². The lowest BCUT2D eigenvalue weighted by Gasteiger charge is -2.26. The van der Waals surface area contributed by atoms with Crippen molar-refractivity contribution in [3.63, 3.8) is 0 Å². The lowest BCUT2D eigenvalue weighted by molar-refractivity contribution is 0.280. The third kappa shape index (κ3) is 2.40. The van der Waals surface area contributed by atoms with Crippen molar-refractivity contribution in [2.24, 2.45) is 17.8 Å². The molecule has 2 aliphatic carbocycles. The average molecular weight is 296 g/mol. The van der Waals surface area contributed by atoms with E-state index in [-0.39, 0.29) is 10.8 Å². The van der Waals surface area contributed by atoms with E-state index in [9.17, 15) is 8.42 Å². The van der Waals surface area contributed by atoms with Crippen molar-refractivity contribution < 1.29 is 8.42 Å². The van der Waals surface area contributed by atoms with Crippen LogP contribution < -0.4 is 5.73 Å². The Bertz CT molecular complexity index is 587. The second kappa shape index (κ2) is 4.96. The minimum Gasteiger partial charge on any atom is -0.368 e. The van der Waals surface area contributed by atoms with Gasteiger partial charge in [-0.15, -0.1) is 0 Å². The molecule has 3 atom stereocenters. The molecule has 2 fully saturated rings. The fourth-order valence-corrected chi connectivity index (χ4v) is 4.79. The van der Waals surface area contributed by atoms with Crippen molar-refractivity contribution >= 4 is 16.0 Å². The second-order valence-corrected chi connectivity index (χ2v) is 8.04. The van der Waals surface area contributed by atoms with Gasteiger partial charge in [0.05, 0.1) is 12.4 Å².